The van der Waals surface area contributed by atoms with Crippen molar-refractivity contribution >= 4 is 21.8 Å². The molecule has 1 aromatic rings. The molecule has 1 aliphatic carbocycles. The molecule has 1 aliphatic rings. The highest BCUT2D eigenvalue weighted by molar-refractivity contribution is 9.09. The Morgan fingerprint density at radius 2 is 2.29 bits per heavy atom. The van der Waals surface area contributed by atoms with Gasteiger partial charge in [-0.1, -0.05) is 47.1 Å². The fourth-order valence-electron chi connectivity index (χ4n) is 2.18. The van der Waals surface area contributed by atoms with Crippen LogP contribution in [0.5, 0.6) is 0 Å². The molecule has 0 fully saturated rings. The van der Waals surface area contributed by atoms with Gasteiger partial charge in [-0.05, 0) is 29.9 Å². The van der Waals surface area contributed by atoms with Crippen molar-refractivity contribution in [1.29, 1.82) is 0 Å². The number of alkyl halides is 1. The van der Waals surface area contributed by atoms with Crippen LogP contribution in [0.1, 0.15) is 30.4 Å². The van der Waals surface area contributed by atoms with E-state index in [1.54, 1.807) is 0 Å². The van der Waals surface area contributed by atoms with Gasteiger partial charge in [0.05, 0.1) is 5.92 Å². The molecule has 17 heavy (non-hydrogen) atoms. The fourth-order valence-corrected chi connectivity index (χ4v) is 2.96. The third kappa shape index (κ3) is 2.89. The molecule has 0 saturated heterocycles. The van der Waals surface area contributed by atoms with E-state index in [0.717, 1.165) is 24.7 Å². The number of rotatable bonds is 5. The normalized spacial score (nSPS) is 19.1. The largest absolute Gasteiger partial charge is 0.355 e. The van der Waals surface area contributed by atoms with Gasteiger partial charge >= 0.3 is 0 Å². The van der Waals surface area contributed by atoms with Crippen molar-refractivity contribution in [3.63, 3.8) is 0 Å². The molecule has 1 N–H and O–H groups in total. The van der Waals surface area contributed by atoms with Crippen LogP contribution < -0.4 is 5.32 Å². The lowest BCUT2D eigenvalue weighted by Crippen LogP contribution is -2.37. The van der Waals surface area contributed by atoms with Gasteiger partial charge in [0.1, 0.15) is 0 Å². The Hall–Kier alpha value is -0.830. The lowest BCUT2D eigenvalue weighted by Gasteiger charge is -2.29. The molecule has 1 aromatic carbocycles. The maximum atomic E-state index is 12.0. The van der Waals surface area contributed by atoms with Crippen LogP contribution in [-0.2, 0) is 11.2 Å². The van der Waals surface area contributed by atoms with Crippen LogP contribution in [0.4, 0.5) is 0 Å². The lowest BCUT2D eigenvalue weighted by molar-refractivity contribution is -0.123. The van der Waals surface area contributed by atoms with Crippen molar-refractivity contribution in [1.82, 2.24) is 5.32 Å². The number of hydrogen-bond donors (Lipinski definition) is 1. The van der Waals surface area contributed by atoms with Gasteiger partial charge in [-0.3, -0.25) is 4.79 Å². The zero-order valence-corrected chi connectivity index (χ0v) is 11.7. The number of hydrogen-bond acceptors (Lipinski definition) is 1. The van der Waals surface area contributed by atoms with E-state index in [0.29, 0.717) is 5.92 Å². The Morgan fingerprint density at radius 1 is 1.53 bits per heavy atom. The van der Waals surface area contributed by atoms with Crippen molar-refractivity contribution in [2.24, 2.45) is 5.92 Å². The monoisotopic (exact) mass is 295 g/mol. The van der Waals surface area contributed by atoms with E-state index >= 15 is 0 Å². The first kappa shape index (κ1) is 12.6. The summed E-state index contributed by atoms with van der Waals surface area (Å²) in [6.45, 7) is 2.94. The summed E-state index contributed by atoms with van der Waals surface area (Å²) < 4.78 is 0. The maximum Gasteiger partial charge on any atom is 0.227 e. The molecule has 0 radical (unpaired) electrons. The van der Waals surface area contributed by atoms with Crippen LogP contribution in [0.25, 0.3) is 0 Å². The standard InChI is InChI=1S/C14H18BrNO/c1-10(6-7-15)9-16-14(17)13-8-11-4-2-3-5-12(11)13/h2-5,10,13H,6-9H2,1H3,(H,16,17). The second-order valence-corrected chi connectivity index (χ2v) is 5.58. The molecule has 0 bridgehead atoms. The Kier molecular flexibility index (Phi) is 4.21. The zero-order chi connectivity index (χ0) is 12.3. The van der Waals surface area contributed by atoms with Gasteiger partial charge < -0.3 is 5.32 Å². The van der Waals surface area contributed by atoms with Gasteiger partial charge in [-0.15, -0.1) is 0 Å². The lowest BCUT2D eigenvalue weighted by atomic mass is 9.77. The van der Waals surface area contributed by atoms with Crippen LogP contribution in [0.15, 0.2) is 24.3 Å². The molecule has 2 unspecified atom stereocenters. The molecule has 0 saturated carbocycles. The van der Waals surface area contributed by atoms with Crippen LogP contribution in [-0.4, -0.2) is 17.8 Å². The molecule has 2 nitrogen and oxygen atoms in total. The maximum absolute atomic E-state index is 12.0. The minimum atomic E-state index is 0.0855. The first-order chi connectivity index (χ1) is 8.22. The smallest absolute Gasteiger partial charge is 0.227 e. The molecule has 3 heteroatoms. The highest BCUT2D eigenvalue weighted by Gasteiger charge is 2.31. The highest BCUT2D eigenvalue weighted by Crippen LogP contribution is 2.34. The number of fused-ring (bicyclic) bond motifs is 1. The third-order valence-electron chi connectivity index (χ3n) is 3.40. The van der Waals surface area contributed by atoms with E-state index in [1.165, 1.54) is 11.1 Å². The molecule has 0 aliphatic heterocycles. The summed E-state index contributed by atoms with van der Waals surface area (Å²) in [4.78, 5) is 12.0. The van der Waals surface area contributed by atoms with Crippen LogP contribution in [0, 0.1) is 5.92 Å². The average molecular weight is 296 g/mol. The summed E-state index contributed by atoms with van der Waals surface area (Å²) in [5, 5.41) is 4.05. The Balaban J connectivity index is 1.83. The molecule has 1 amide bonds. The number of carbonyl (C=O) groups excluding carboxylic acids is 1. The summed E-state index contributed by atoms with van der Waals surface area (Å²) in [5.41, 5.74) is 2.53. The Bertz CT molecular complexity index is 405. The van der Waals surface area contributed by atoms with Crippen LogP contribution in [0.3, 0.4) is 0 Å². The molecule has 2 rings (SSSR count). The van der Waals surface area contributed by atoms with Crippen molar-refractivity contribution < 1.29 is 4.79 Å². The zero-order valence-electron chi connectivity index (χ0n) is 10.1. The van der Waals surface area contributed by atoms with Gasteiger partial charge in [0, 0.05) is 11.9 Å². The third-order valence-corrected chi connectivity index (χ3v) is 3.86. The van der Waals surface area contributed by atoms with Crippen molar-refractivity contribution in [3.05, 3.63) is 35.4 Å². The molecule has 0 spiro atoms. The summed E-state index contributed by atoms with van der Waals surface area (Å²) >= 11 is 3.42. The fraction of sp³-hybridized carbons (Fsp3) is 0.500. The van der Waals surface area contributed by atoms with E-state index in [-0.39, 0.29) is 11.8 Å². The van der Waals surface area contributed by atoms with Gasteiger partial charge in [-0.2, -0.15) is 0 Å². The second-order valence-electron chi connectivity index (χ2n) is 4.78. The first-order valence-electron chi connectivity index (χ1n) is 6.14. The summed E-state index contributed by atoms with van der Waals surface area (Å²) in [7, 11) is 0. The van der Waals surface area contributed by atoms with E-state index < -0.39 is 0 Å². The minimum absolute atomic E-state index is 0.0855. The summed E-state index contributed by atoms with van der Waals surface area (Å²) in [6, 6.07) is 8.20. The van der Waals surface area contributed by atoms with Crippen molar-refractivity contribution in [2.45, 2.75) is 25.7 Å². The predicted octanol–water partition coefficient (Wildman–Crippen LogP) is 2.86. The first-order valence-corrected chi connectivity index (χ1v) is 7.26. The molecule has 0 heterocycles. The number of halogens is 1. The predicted molar refractivity (Wildman–Crippen MR) is 73.5 cm³/mol. The van der Waals surface area contributed by atoms with E-state index in [1.807, 2.05) is 12.1 Å². The van der Waals surface area contributed by atoms with Gasteiger partial charge in [0.15, 0.2) is 0 Å². The minimum Gasteiger partial charge on any atom is -0.355 e. The SMILES string of the molecule is CC(CCBr)CNC(=O)C1Cc2ccccc21. The highest BCUT2D eigenvalue weighted by atomic mass is 79.9. The van der Waals surface area contributed by atoms with Gasteiger partial charge in [0.2, 0.25) is 5.91 Å². The topological polar surface area (TPSA) is 29.1 Å². The molecule has 0 aromatic heterocycles. The Labute approximate surface area is 111 Å². The molecular weight excluding hydrogens is 278 g/mol. The number of nitrogens with one attached hydrogen (secondary N) is 1. The quantitative estimate of drug-likeness (QED) is 0.832. The van der Waals surface area contributed by atoms with Gasteiger partial charge in [-0.25, -0.2) is 0 Å². The van der Waals surface area contributed by atoms with Crippen molar-refractivity contribution in [3.8, 4) is 0 Å². The second kappa shape index (κ2) is 5.67. The van der Waals surface area contributed by atoms with Crippen LogP contribution >= 0.6 is 15.9 Å². The van der Waals surface area contributed by atoms with Crippen molar-refractivity contribution in [2.75, 3.05) is 11.9 Å². The molecular formula is C14H18BrNO. The summed E-state index contributed by atoms with van der Waals surface area (Å²) in [6.07, 6.45) is 2.00. The Morgan fingerprint density at radius 3 is 3.00 bits per heavy atom. The summed E-state index contributed by atoms with van der Waals surface area (Å²) in [5.74, 6) is 0.807. The molecule has 2 atom stereocenters. The number of amides is 1. The van der Waals surface area contributed by atoms with E-state index in [4.69, 9.17) is 0 Å². The van der Waals surface area contributed by atoms with E-state index in [2.05, 4.69) is 40.3 Å². The van der Waals surface area contributed by atoms with Crippen LogP contribution in [0.2, 0.25) is 0 Å². The number of carbonyl (C=O) groups is 1. The van der Waals surface area contributed by atoms with Gasteiger partial charge in [0.25, 0.3) is 0 Å². The molecule has 92 valence electrons. The van der Waals surface area contributed by atoms with E-state index in [9.17, 15) is 4.79 Å². The average Bonchev–Trinajstić information content (AvgIpc) is 2.28. The number of benzene rings is 1.